The minimum Gasteiger partial charge on any atom is -0.478 e. The minimum absolute atomic E-state index is 0.317. The number of nitrogens with one attached hydrogen (secondary N) is 1. The zero-order chi connectivity index (χ0) is 13.0. The maximum Gasteiger partial charge on any atom is 0.336 e. The first-order valence-electron chi connectivity index (χ1n) is 5.64. The SMILES string of the molecule is Cc1ccnc(NCc2ccccc2C(=O)O)c1. The molecule has 0 spiro atoms. The van der Waals surface area contributed by atoms with Crippen molar-refractivity contribution in [2.75, 3.05) is 5.32 Å². The van der Waals surface area contributed by atoms with Gasteiger partial charge in [-0.2, -0.15) is 0 Å². The normalized spacial score (nSPS) is 10.1. The zero-order valence-electron chi connectivity index (χ0n) is 10.1. The molecule has 1 heterocycles. The lowest BCUT2D eigenvalue weighted by Crippen LogP contribution is -2.07. The predicted molar refractivity (Wildman–Crippen MR) is 69.7 cm³/mol. The highest BCUT2D eigenvalue weighted by atomic mass is 16.4. The van der Waals surface area contributed by atoms with Crippen LogP contribution in [0.5, 0.6) is 0 Å². The Labute approximate surface area is 105 Å². The molecule has 0 amide bonds. The number of hydrogen-bond acceptors (Lipinski definition) is 3. The van der Waals surface area contributed by atoms with Gasteiger partial charge in [0.1, 0.15) is 5.82 Å². The van der Waals surface area contributed by atoms with Crippen molar-refractivity contribution in [2.45, 2.75) is 13.5 Å². The first-order chi connectivity index (χ1) is 8.66. The molecule has 4 heteroatoms. The third-order valence-corrected chi connectivity index (χ3v) is 2.62. The number of carbonyl (C=O) groups is 1. The number of benzene rings is 1. The van der Waals surface area contributed by atoms with Gasteiger partial charge in [0.15, 0.2) is 0 Å². The van der Waals surface area contributed by atoms with Gasteiger partial charge in [0.2, 0.25) is 0 Å². The molecule has 0 fully saturated rings. The Morgan fingerprint density at radius 1 is 1.33 bits per heavy atom. The van der Waals surface area contributed by atoms with Crippen LogP contribution in [0.1, 0.15) is 21.5 Å². The Hall–Kier alpha value is -2.36. The van der Waals surface area contributed by atoms with E-state index in [0.717, 1.165) is 16.9 Å². The summed E-state index contributed by atoms with van der Waals surface area (Å²) in [7, 11) is 0. The van der Waals surface area contributed by atoms with Crippen molar-refractivity contribution in [1.29, 1.82) is 0 Å². The third kappa shape index (κ3) is 2.85. The second kappa shape index (κ2) is 5.31. The molecule has 92 valence electrons. The molecule has 0 saturated heterocycles. The summed E-state index contributed by atoms with van der Waals surface area (Å²) in [6.45, 7) is 2.43. The molecule has 18 heavy (non-hydrogen) atoms. The van der Waals surface area contributed by atoms with Crippen LogP contribution in [0.4, 0.5) is 5.82 Å². The Morgan fingerprint density at radius 3 is 2.83 bits per heavy atom. The smallest absolute Gasteiger partial charge is 0.336 e. The van der Waals surface area contributed by atoms with Crippen LogP contribution in [0.15, 0.2) is 42.6 Å². The Morgan fingerprint density at radius 2 is 2.11 bits per heavy atom. The number of rotatable bonds is 4. The van der Waals surface area contributed by atoms with E-state index in [2.05, 4.69) is 10.3 Å². The van der Waals surface area contributed by atoms with Gasteiger partial charge in [0.05, 0.1) is 5.56 Å². The van der Waals surface area contributed by atoms with Crippen LogP contribution >= 0.6 is 0 Å². The molecule has 1 aromatic heterocycles. The van der Waals surface area contributed by atoms with Crippen molar-refractivity contribution in [3.8, 4) is 0 Å². The Kier molecular flexibility index (Phi) is 3.57. The summed E-state index contributed by atoms with van der Waals surface area (Å²) in [6.07, 6.45) is 1.72. The van der Waals surface area contributed by atoms with Gasteiger partial charge >= 0.3 is 5.97 Å². The van der Waals surface area contributed by atoms with Gasteiger partial charge in [-0.3, -0.25) is 0 Å². The van der Waals surface area contributed by atoms with Crippen LogP contribution in [-0.4, -0.2) is 16.1 Å². The molecular weight excluding hydrogens is 228 g/mol. The molecule has 0 aliphatic rings. The molecule has 0 unspecified atom stereocenters. The van der Waals surface area contributed by atoms with E-state index >= 15 is 0 Å². The first-order valence-corrected chi connectivity index (χ1v) is 5.64. The van der Waals surface area contributed by atoms with E-state index < -0.39 is 5.97 Å². The van der Waals surface area contributed by atoms with Gasteiger partial charge in [-0.25, -0.2) is 9.78 Å². The fraction of sp³-hybridized carbons (Fsp3) is 0.143. The highest BCUT2D eigenvalue weighted by Crippen LogP contribution is 2.12. The summed E-state index contributed by atoms with van der Waals surface area (Å²) < 4.78 is 0. The molecule has 0 atom stereocenters. The quantitative estimate of drug-likeness (QED) is 0.865. The number of aryl methyl sites for hydroxylation is 1. The van der Waals surface area contributed by atoms with Gasteiger partial charge in [-0.05, 0) is 36.2 Å². The lowest BCUT2D eigenvalue weighted by molar-refractivity contribution is 0.0696. The fourth-order valence-electron chi connectivity index (χ4n) is 1.70. The maximum absolute atomic E-state index is 11.0. The van der Waals surface area contributed by atoms with E-state index in [4.69, 9.17) is 5.11 Å². The number of carboxylic acid groups (broad SMARTS) is 1. The highest BCUT2D eigenvalue weighted by Gasteiger charge is 2.08. The van der Waals surface area contributed by atoms with Crippen LogP contribution < -0.4 is 5.32 Å². The Bertz CT molecular complexity index is 567. The molecule has 0 saturated carbocycles. The van der Waals surface area contributed by atoms with E-state index in [9.17, 15) is 4.79 Å². The topological polar surface area (TPSA) is 62.2 Å². The zero-order valence-corrected chi connectivity index (χ0v) is 10.1. The molecule has 0 aliphatic heterocycles. The maximum atomic E-state index is 11.0. The summed E-state index contributed by atoms with van der Waals surface area (Å²) in [6, 6.07) is 10.8. The van der Waals surface area contributed by atoms with Crippen molar-refractivity contribution in [1.82, 2.24) is 4.98 Å². The summed E-state index contributed by atoms with van der Waals surface area (Å²) in [5, 5.41) is 12.2. The summed E-state index contributed by atoms with van der Waals surface area (Å²) in [5.74, 6) is -0.167. The van der Waals surface area contributed by atoms with Crippen molar-refractivity contribution < 1.29 is 9.90 Å². The first kappa shape index (κ1) is 12.1. The van der Waals surface area contributed by atoms with Crippen molar-refractivity contribution >= 4 is 11.8 Å². The number of anilines is 1. The molecule has 2 N–H and O–H groups in total. The number of hydrogen-bond donors (Lipinski definition) is 2. The van der Waals surface area contributed by atoms with Crippen LogP contribution in [-0.2, 0) is 6.54 Å². The lowest BCUT2D eigenvalue weighted by atomic mass is 10.1. The second-order valence-corrected chi connectivity index (χ2v) is 4.03. The molecular formula is C14H14N2O2. The van der Waals surface area contributed by atoms with Gasteiger partial charge in [-0.1, -0.05) is 18.2 Å². The van der Waals surface area contributed by atoms with Crippen molar-refractivity contribution in [3.63, 3.8) is 0 Å². The van der Waals surface area contributed by atoms with E-state index in [0.29, 0.717) is 12.1 Å². The number of pyridine rings is 1. The molecule has 0 bridgehead atoms. The second-order valence-electron chi connectivity index (χ2n) is 4.03. The summed E-state index contributed by atoms with van der Waals surface area (Å²) >= 11 is 0. The van der Waals surface area contributed by atoms with Gasteiger partial charge in [0.25, 0.3) is 0 Å². The monoisotopic (exact) mass is 242 g/mol. The largest absolute Gasteiger partial charge is 0.478 e. The number of nitrogens with zero attached hydrogens (tertiary/aromatic N) is 1. The molecule has 2 rings (SSSR count). The average molecular weight is 242 g/mol. The van der Waals surface area contributed by atoms with Crippen LogP contribution in [0.3, 0.4) is 0 Å². The summed E-state index contributed by atoms with van der Waals surface area (Å²) in [5.41, 5.74) is 2.17. The number of aromatic carboxylic acids is 1. The molecule has 0 aliphatic carbocycles. The summed E-state index contributed by atoms with van der Waals surface area (Å²) in [4.78, 5) is 15.2. The van der Waals surface area contributed by atoms with E-state index in [1.54, 1.807) is 24.4 Å². The predicted octanol–water partition coefficient (Wildman–Crippen LogP) is 2.70. The average Bonchev–Trinajstić information content (AvgIpc) is 2.37. The van der Waals surface area contributed by atoms with Crippen LogP contribution in [0.2, 0.25) is 0 Å². The number of aromatic nitrogens is 1. The standard InChI is InChI=1S/C14H14N2O2/c1-10-6-7-15-13(8-10)16-9-11-4-2-3-5-12(11)14(17)18/h2-8H,9H2,1H3,(H,15,16)(H,17,18). The number of carboxylic acids is 1. The lowest BCUT2D eigenvalue weighted by Gasteiger charge is -2.08. The fourth-order valence-corrected chi connectivity index (χ4v) is 1.70. The third-order valence-electron chi connectivity index (χ3n) is 2.62. The molecule has 4 nitrogen and oxygen atoms in total. The highest BCUT2D eigenvalue weighted by molar-refractivity contribution is 5.89. The van der Waals surface area contributed by atoms with Gasteiger partial charge in [-0.15, -0.1) is 0 Å². The molecule has 0 radical (unpaired) electrons. The van der Waals surface area contributed by atoms with Crippen LogP contribution in [0.25, 0.3) is 0 Å². The van der Waals surface area contributed by atoms with E-state index in [-0.39, 0.29) is 0 Å². The Balaban J connectivity index is 2.13. The molecule has 2 aromatic rings. The van der Waals surface area contributed by atoms with Crippen LogP contribution in [0, 0.1) is 6.92 Å². The van der Waals surface area contributed by atoms with E-state index in [1.165, 1.54) is 0 Å². The van der Waals surface area contributed by atoms with Gasteiger partial charge < -0.3 is 10.4 Å². The minimum atomic E-state index is -0.912. The van der Waals surface area contributed by atoms with E-state index in [1.807, 2.05) is 25.1 Å². The van der Waals surface area contributed by atoms with Crippen molar-refractivity contribution in [3.05, 3.63) is 59.3 Å². The van der Waals surface area contributed by atoms with Crippen molar-refractivity contribution in [2.24, 2.45) is 0 Å². The van der Waals surface area contributed by atoms with Gasteiger partial charge in [0, 0.05) is 12.7 Å². The molecule has 1 aromatic carbocycles.